The Balaban J connectivity index is 2.58. The number of hydrogen-bond acceptors (Lipinski definition) is 5. The SMILES string of the molecule is Cc1cc(N=C2C(=N)N(C(C)C)N=C2C(F)(F)F)c(N)cc1O. The van der Waals surface area contributed by atoms with E-state index in [1.54, 1.807) is 20.8 Å². The van der Waals surface area contributed by atoms with Crippen LogP contribution in [0.15, 0.2) is 22.2 Å². The molecule has 0 atom stereocenters. The van der Waals surface area contributed by atoms with Crippen molar-refractivity contribution < 1.29 is 18.3 Å². The van der Waals surface area contributed by atoms with Gasteiger partial charge >= 0.3 is 6.18 Å². The van der Waals surface area contributed by atoms with E-state index in [4.69, 9.17) is 11.1 Å². The smallest absolute Gasteiger partial charge is 0.437 e. The number of rotatable bonds is 2. The average Bonchev–Trinajstić information content (AvgIpc) is 2.73. The lowest BCUT2D eigenvalue weighted by Crippen LogP contribution is -2.35. The number of phenolic OH excluding ortho intramolecular Hbond substituents is 1. The van der Waals surface area contributed by atoms with Crippen molar-refractivity contribution in [2.24, 2.45) is 10.1 Å². The summed E-state index contributed by atoms with van der Waals surface area (Å²) in [5.74, 6) is -0.529. The van der Waals surface area contributed by atoms with Crippen LogP contribution in [0.1, 0.15) is 19.4 Å². The van der Waals surface area contributed by atoms with Crippen LogP contribution >= 0.6 is 0 Å². The standard InChI is InChI=1S/C14H16F3N5O/c1-6(2)22-13(19)11(12(21-22)14(15,16)17)20-9-4-7(3)10(23)5-8(9)18/h4-6,19,23H,18H2,1-3H3. The first kappa shape index (κ1) is 16.8. The third-order valence-corrected chi connectivity index (χ3v) is 3.22. The molecule has 0 bridgehead atoms. The van der Waals surface area contributed by atoms with Gasteiger partial charge in [-0.15, -0.1) is 0 Å². The maximum atomic E-state index is 13.2. The molecule has 0 amide bonds. The lowest BCUT2D eigenvalue weighted by molar-refractivity contribution is -0.0571. The highest BCUT2D eigenvalue weighted by Gasteiger charge is 2.46. The van der Waals surface area contributed by atoms with Crippen molar-refractivity contribution in [1.29, 1.82) is 5.41 Å². The molecular formula is C14H16F3N5O. The third kappa shape index (κ3) is 3.13. The van der Waals surface area contributed by atoms with Crippen LogP contribution < -0.4 is 5.73 Å². The van der Waals surface area contributed by atoms with Gasteiger partial charge < -0.3 is 10.8 Å². The van der Waals surface area contributed by atoms with E-state index in [0.29, 0.717) is 5.56 Å². The fourth-order valence-corrected chi connectivity index (χ4v) is 2.01. The molecule has 9 heteroatoms. The summed E-state index contributed by atoms with van der Waals surface area (Å²) in [5, 5.41) is 21.9. The molecule has 1 aromatic rings. The van der Waals surface area contributed by atoms with Crippen LogP contribution in [0.2, 0.25) is 0 Å². The lowest BCUT2D eigenvalue weighted by Gasteiger charge is -2.17. The van der Waals surface area contributed by atoms with Crippen LogP contribution in [0.5, 0.6) is 5.75 Å². The summed E-state index contributed by atoms with van der Waals surface area (Å²) in [6.07, 6.45) is -4.74. The summed E-state index contributed by atoms with van der Waals surface area (Å²) < 4.78 is 39.5. The Bertz CT molecular complexity index is 722. The lowest BCUT2D eigenvalue weighted by atomic mass is 10.1. The zero-order valence-electron chi connectivity index (χ0n) is 12.7. The molecule has 0 spiro atoms. The molecule has 0 radical (unpaired) electrons. The maximum Gasteiger partial charge on any atom is 0.437 e. The number of hydrazone groups is 1. The van der Waals surface area contributed by atoms with Crippen LogP contribution in [-0.2, 0) is 0 Å². The summed E-state index contributed by atoms with van der Waals surface area (Å²) in [6, 6.07) is 2.14. The van der Waals surface area contributed by atoms with Crippen molar-refractivity contribution in [3.63, 3.8) is 0 Å². The molecule has 23 heavy (non-hydrogen) atoms. The van der Waals surface area contributed by atoms with Crippen molar-refractivity contribution in [3.05, 3.63) is 17.7 Å². The Hall–Kier alpha value is -2.58. The number of nitrogen functional groups attached to an aromatic ring is 1. The van der Waals surface area contributed by atoms with Crippen molar-refractivity contribution >= 4 is 28.6 Å². The number of halogens is 3. The largest absolute Gasteiger partial charge is 0.508 e. The molecule has 6 nitrogen and oxygen atoms in total. The predicted octanol–water partition coefficient (Wildman–Crippen LogP) is 2.97. The molecule has 0 aliphatic carbocycles. The van der Waals surface area contributed by atoms with Crippen LogP contribution in [0.25, 0.3) is 0 Å². The van der Waals surface area contributed by atoms with E-state index in [-0.39, 0.29) is 17.1 Å². The Morgan fingerprint density at radius 2 is 1.96 bits per heavy atom. The van der Waals surface area contributed by atoms with Crippen molar-refractivity contribution in [3.8, 4) is 5.75 Å². The fraction of sp³-hybridized carbons (Fsp3) is 0.357. The Morgan fingerprint density at radius 3 is 2.48 bits per heavy atom. The minimum atomic E-state index is -4.74. The summed E-state index contributed by atoms with van der Waals surface area (Å²) >= 11 is 0. The minimum Gasteiger partial charge on any atom is -0.508 e. The number of benzene rings is 1. The molecule has 1 aromatic carbocycles. The molecule has 4 N–H and O–H groups in total. The number of alkyl halides is 3. The number of phenols is 1. The minimum absolute atomic E-state index is 0.0120. The molecule has 1 aliphatic rings. The molecule has 0 saturated carbocycles. The first-order valence-electron chi connectivity index (χ1n) is 6.74. The molecule has 1 aliphatic heterocycles. The van der Waals surface area contributed by atoms with Gasteiger partial charge in [0.05, 0.1) is 11.4 Å². The molecule has 0 aromatic heterocycles. The van der Waals surface area contributed by atoms with Gasteiger partial charge in [-0.25, -0.2) is 10.0 Å². The fourth-order valence-electron chi connectivity index (χ4n) is 2.01. The normalized spacial score (nSPS) is 17.3. The summed E-state index contributed by atoms with van der Waals surface area (Å²) in [4.78, 5) is 3.88. The van der Waals surface area contributed by atoms with Gasteiger partial charge in [-0.05, 0) is 32.4 Å². The zero-order chi connectivity index (χ0) is 17.5. The number of hydrogen-bond donors (Lipinski definition) is 3. The van der Waals surface area contributed by atoms with Gasteiger partial charge in [-0.2, -0.15) is 18.3 Å². The molecule has 0 unspecified atom stereocenters. The van der Waals surface area contributed by atoms with Gasteiger partial charge in [0.1, 0.15) is 11.5 Å². The second-order valence-corrected chi connectivity index (χ2v) is 5.39. The van der Waals surface area contributed by atoms with Gasteiger partial charge in [0.25, 0.3) is 0 Å². The Labute approximate surface area is 130 Å². The van der Waals surface area contributed by atoms with Crippen molar-refractivity contribution in [1.82, 2.24) is 5.01 Å². The highest BCUT2D eigenvalue weighted by Crippen LogP contribution is 2.32. The van der Waals surface area contributed by atoms with Crippen LogP contribution in [0.3, 0.4) is 0 Å². The zero-order valence-corrected chi connectivity index (χ0v) is 12.7. The first-order chi connectivity index (χ1) is 10.5. The quantitative estimate of drug-likeness (QED) is 0.728. The number of amidine groups is 1. The Morgan fingerprint density at radius 1 is 1.35 bits per heavy atom. The van der Waals surface area contributed by atoms with Gasteiger partial charge in [-0.1, -0.05) is 0 Å². The summed E-state index contributed by atoms with van der Waals surface area (Å²) in [7, 11) is 0. The van der Waals surface area contributed by atoms with Crippen molar-refractivity contribution in [2.45, 2.75) is 33.0 Å². The molecule has 2 rings (SSSR count). The number of aliphatic imine (C=N–C) groups is 1. The highest BCUT2D eigenvalue weighted by molar-refractivity contribution is 6.70. The summed E-state index contributed by atoms with van der Waals surface area (Å²) in [5.41, 5.74) is 4.33. The van der Waals surface area contributed by atoms with Gasteiger partial charge in [0, 0.05) is 12.1 Å². The van der Waals surface area contributed by atoms with E-state index in [1.165, 1.54) is 12.1 Å². The van der Waals surface area contributed by atoms with E-state index in [1.807, 2.05) is 0 Å². The summed E-state index contributed by atoms with van der Waals surface area (Å²) in [6.45, 7) is 4.81. The number of aryl methyl sites for hydroxylation is 1. The molecule has 0 fully saturated rings. The molecule has 124 valence electrons. The topological polar surface area (TPSA) is 98.1 Å². The van der Waals surface area contributed by atoms with Crippen LogP contribution in [0.4, 0.5) is 24.5 Å². The van der Waals surface area contributed by atoms with Crippen LogP contribution in [0, 0.1) is 12.3 Å². The van der Waals surface area contributed by atoms with Crippen molar-refractivity contribution in [2.75, 3.05) is 5.73 Å². The molecule has 1 heterocycles. The van der Waals surface area contributed by atoms with Crippen LogP contribution in [-0.4, -0.2) is 39.6 Å². The second kappa shape index (κ2) is 5.56. The number of nitrogens with zero attached hydrogens (tertiary/aromatic N) is 3. The maximum absolute atomic E-state index is 13.2. The first-order valence-corrected chi connectivity index (χ1v) is 6.74. The van der Waals surface area contributed by atoms with Gasteiger partial charge in [0.15, 0.2) is 11.5 Å². The molecular weight excluding hydrogens is 311 g/mol. The monoisotopic (exact) mass is 327 g/mol. The second-order valence-electron chi connectivity index (χ2n) is 5.39. The Kier molecular flexibility index (Phi) is 4.06. The van der Waals surface area contributed by atoms with E-state index in [9.17, 15) is 18.3 Å². The average molecular weight is 327 g/mol. The van der Waals surface area contributed by atoms with E-state index in [2.05, 4.69) is 10.1 Å². The number of anilines is 1. The number of aromatic hydroxyl groups is 1. The number of nitrogens with one attached hydrogen (secondary N) is 1. The van der Waals surface area contributed by atoms with Gasteiger partial charge in [-0.3, -0.25) is 5.41 Å². The van der Waals surface area contributed by atoms with E-state index < -0.39 is 29.5 Å². The highest BCUT2D eigenvalue weighted by atomic mass is 19.4. The predicted molar refractivity (Wildman–Crippen MR) is 82.5 cm³/mol. The van der Waals surface area contributed by atoms with E-state index >= 15 is 0 Å². The number of nitrogens with two attached hydrogens (primary N) is 1. The third-order valence-electron chi connectivity index (χ3n) is 3.22. The molecule has 0 saturated heterocycles. The van der Waals surface area contributed by atoms with Gasteiger partial charge in [0.2, 0.25) is 0 Å². The van der Waals surface area contributed by atoms with E-state index in [0.717, 1.165) is 5.01 Å².